The first-order valence-electron chi connectivity index (χ1n) is 6.27. The lowest BCUT2D eigenvalue weighted by Gasteiger charge is -2.14. The molecule has 0 spiro atoms. The van der Waals surface area contributed by atoms with Crippen LogP contribution in [0.5, 0.6) is 0 Å². The molecule has 16 heavy (non-hydrogen) atoms. The second-order valence-electron chi connectivity index (χ2n) is 4.80. The fraction of sp³-hybridized carbons (Fsp3) is 0.571. The van der Waals surface area contributed by atoms with Gasteiger partial charge < -0.3 is 10.2 Å². The van der Waals surface area contributed by atoms with Crippen LogP contribution in [0.2, 0.25) is 0 Å². The van der Waals surface area contributed by atoms with Gasteiger partial charge in [0.25, 0.3) is 0 Å². The van der Waals surface area contributed by atoms with E-state index in [1.165, 1.54) is 24.0 Å². The van der Waals surface area contributed by atoms with Crippen molar-refractivity contribution in [3.8, 4) is 0 Å². The SMILES string of the molecule is CCN(C)Cc1ccc(CNC2CC2)cc1. The Labute approximate surface area is 98.7 Å². The highest BCUT2D eigenvalue weighted by Gasteiger charge is 2.19. The van der Waals surface area contributed by atoms with Gasteiger partial charge in [-0.25, -0.2) is 0 Å². The van der Waals surface area contributed by atoms with Gasteiger partial charge in [0.2, 0.25) is 0 Å². The Hall–Kier alpha value is -0.860. The van der Waals surface area contributed by atoms with Crippen LogP contribution in [-0.2, 0) is 13.1 Å². The van der Waals surface area contributed by atoms with Crippen LogP contribution in [0.4, 0.5) is 0 Å². The summed E-state index contributed by atoms with van der Waals surface area (Å²) >= 11 is 0. The van der Waals surface area contributed by atoms with Crippen LogP contribution < -0.4 is 5.32 Å². The Morgan fingerprint density at radius 2 is 1.81 bits per heavy atom. The minimum Gasteiger partial charge on any atom is -0.310 e. The zero-order valence-electron chi connectivity index (χ0n) is 10.4. The van der Waals surface area contributed by atoms with Crippen LogP contribution in [0.3, 0.4) is 0 Å². The molecule has 1 aliphatic carbocycles. The van der Waals surface area contributed by atoms with Gasteiger partial charge in [-0.2, -0.15) is 0 Å². The summed E-state index contributed by atoms with van der Waals surface area (Å²) in [5.41, 5.74) is 2.80. The first-order chi connectivity index (χ1) is 7.78. The molecule has 0 heterocycles. The number of nitrogens with zero attached hydrogens (tertiary/aromatic N) is 1. The highest BCUT2D eigenvalue weighted by Crippen LogP contribution is 2.19. The van der Waals surface area contributed by atoms with Crippen LogP contribution >= 0.6 is 0 Å². The fourth-order valence-electron chi connectivity index (χ4n) is 1.74. The molecule has 2 heteroatoms. The molecule has 0 atom stereocenters. The molecule has 1 saturated carbocycles. The molecular formula is C14H22N2. The van der Waals surface area contributed by atoms with E-state index in [1.807, 2.05) is 0 Å². The Kier molecular flexibility index (Phi) is 3.97. The maximum atomic E-state index is 3.53. The summed E-state index contributed by atoms with van der Waals surface area (Å²) < 4.78 is 0. The van der Waals surface area contributed by atoms with Crippen molar-refractivity contribution in [1.82, 2.24) is 10.2 Å². The summed E-state index contributed by atoms with van der Waals surface area (Å²) in [7, 11) is 2.16. The van der Waals surface area contributed by atoms with Gasteiger partial charge in [-0.05, 0) is 37.6 Å². The normalized spacial score (nSPS) is 15.7. The molecule has 0 amide bonds. The highest BCUT2D eigenvalue weighted by atomic mass is 15.1. The molecular weight excluding hydrogens is 196 g/mol. The van der Waals surface area contributed by atoms with E-state index >= 15 is 0 Å². The largest absolute Gasteiger partial charge is 0.310 e. The number of benzene rings is 1. The molecule has 0 unspecified atom stereocenters. The van der Waals surface area contributed by atoms with Crippen molar-refractivity contribution in [3.63, 3.8) is 0 Å². The van der Waals surface area contributed by atoms with E-state index in [0.29, 0.717) is 0 Å². The lowest BCUT2D eigenvalue weighted by atomic mass is 10.1. The number of hydrogen-bond donors (Lipinski definition) is 1. The average Bonchev–Trinajstić information content (AvgIpc) is 3.12. The van der Waals surface area contributed by atoms with Gasteiger partial charge >= 0.3 is 0 Å². The fourth-order valence-corrected chi connectivity index (χ4v) is 1.74. The summed E-state index contributed by atoms with van der Waals surface area (Å²) in [5, 5.41) is 3.53. The van der Waals surface area contributed by atoms with Crippen molar-refractivity contribution in [1.29, 1.82) is 0 Å². The van der Waals surface area contributed by atoms with E-state index in [-0.39, 0.29) is 0 Å². The third-order valence-corrected chi connectivity index (χ3v) is 3.19. The Balaban J connectivity index is 1.82. The van der Waals surface area contributed by atoms with E-state index in [1.54, 1.807) is 0 Å². The van der Waals surface area contributed by atoms with Gasteiger partial charge in [0.05, 0.1) is 0 Å². The summed E-state index contributed by atoms with van der Waals surface area (Å²) in [6.07, 6.45) is 2.72. The molecule has 1 N–H and O–H groups in total. The summed E-state index contributed by atoms with van der Waals surface area (Å²) in [6.45, 7) is 5.36. The monoisotopic (exact) mass is 218 g/mol. The first-order valence-corrected chi connectivity index (χ1v) is 6.27. The molecule has 0 bridgehead atoms. The second-order valence-corrected chi connectivity index (χ2v) is 4.80. The van der Waals surface area contributed by atoms with E-state index < -0.39 is 0 Å². The maximum absolute atomic E-state index is 3.53. The predicted molar refractivity (Wildman–Crippen MR) is 68.3 cm³/mol. The zero-order chi connectivity index (χ0) is 11.4. The zero-order valence-corrected chi connectivity index (χ0v) is 10.4. The molecule has 88 valence electrons. The Morgan fingerprint density at radius 3 is 2.38 bits per heavy atom. The van der Waals surface area contributed by atoms with Crippen molar-refractivity contribution in [2.24, 2.45) is 0 Å². The Morgan fingerprint density at radius 1 is 1.19 bits per heavy atom. The number of nitrogens with one attached hydrogen (secondary N) is 1. The number of rotatable bonds is 6. The van der Waals surface area contributed by atoms with Crippen molar-refractivity contribution in [2.75, 3.05) is 13.6 Å². The third-order valence-electron chi connectivity index (χ3n) is 3.19. The molecule has 0 aromatic heterocycles. The molecule has 0 radical (unpaired) electrons. The standard InChI is InChI=1S/C14H22N2/c1-3-16(2)11-13-6-4-12(5-7-13)10-15-14-8-9-14/h4-7,14-15H,3,8-11H2,1-2H3. The molecule has 1 aromatic rings. The van der Waals surface area contributed by atoms with E-state index in [4.69, 9.17) is 0 Å². The molecule has 0 saturated heterocycles. The second kappa shape index (κ2) is 5.46. The average molecular weight is 218 g/mol. The molecule has 0 aliphatic heterocycles. The third kappa shape index (κ3) is 3.62. The maximum Gasteiger partial charge on any atom is 0.0230 e. The van der Waals surface area contributed by atoms with E-state index in [2.05, 4.69) is 48.5 Å². The van der Waals surface area contributed by atoms with Crippen LogP contribution in [-0.4, -0.2) is 24.5 Å². The van der Waals surface area contributed by atoms with Gasteiger partial charge in [0, 0.05) is 19.1 Å². The quantitative estimate of drug-likeness (QED) is 0.788. The highest BCUT2D eigenvalue weighted by molar-refractivity contribution is 5.22. The van der Waals surface area contributed by atoms with Crippen LogP contribution in [0.1, 0.15) is 30.9 Å². The lowest BCUT2D eigenvalue weighted by molar-refractivity contribution is 0.346. The van der Waals surface area contributed by atoms with Crippen LogP contribution in [0, 0.1) is 0 Å². The van der Waals surface area contributed by atoms with Crippen molar-refractivity contribution in [2.45, 2.75) is 38.9 Å². The molecule has 1 fully saturated rings. The smallest absolute Gasteiger partial charge is 0.0230 e. The van der Waals surface area contributed by atoms with E-state index in [9.17, 15) is 0 Å². The van der Waals surface area contributed by atoms with E-state index in [0.717, 1.165) is 25.7 Å². The molecule has 2 nitrogen and oxygen atoms in total. The van der Waals surface area contributed by atoms with Crippen molar-refractivity contribution < 1.29 is 0 Å². The summed E-state index contributed by atoms with van der Waals surface area (Å²) in [4.78, 5) is 2.32. The minimum atomic E-state index is 0.797. The van der Waals surface area contributed by atoms with Gasteiger partial charge in [0.1, 0.15) is 0 Å². The van der Waals surface area contributed by atoms with Crippen LogP contribution in [0.15, 0.2) is 24.3 Å². The van der Waals surface area contributed by atoms with Gasteiger partial charge in [-0.3, -0.25) is 0 Å². The Bertz CT molecular complexity index is 314. The minimum absolute atomic E-state index is 0.797. The summed E-state index contributed by atoms with van der Waals surface area (Å²) in [6, 6.07) is 9.78. The first kappa shape index (κ1) is 11.6. The van der Waals surface area contributed by atoms with Gasteiger partial charge in [0.15, 0.2) is 0 Å². The van der Waals surface area contributed by atoms with Crippen molar-refractivity contribution in [3.05, 3.63) is 35.4 Å². The lowest BCUT2D eigenvalue weighted by Crippen LogP contribution is -2.17. The van der Waals surface area contributed by atoms with Crippen molar-refractivity contribution >= 4 is 0 Å². The molecule has 2 rings (SSSR count). The molecule has 1 aromatic carbocycles. The predicted octanol–water partition coefficient (Wildman–Crippen LogP) is 2.39. The van der Waals surface area contributed by atoms with Gasteiger partial charge in [-0.15, -0.1) is 0 Å². The van der Waals surface area contributed by atoms with Gasteiger partial charge in [-0.1, -0.05) is 31.2 Å². The topological polar surface area (TPSA) is 15.3 Å². The molecule has 1 aliphatic rings. The van der Waals surface area contributed by atoms with Crippen LogP contribution in [0.25, 0.3) is 0 Å². The summed E-state index contributed by atoms with van der Waals surface area (Å²) in [5.74, 6) is 0. The number of hydrogen-bond acceptors (Lipinski definition) is 2.